The van der Waals surface area contributed by atoms with E-state index in [2.05, 4.69) is 11.6 Å². The van der Waals surface area contributed by atoms with Crippen LogP contribution in [0.4, 0.5) is 10.1 Å². The fourth-order valence-electron chi connectivity index (χ4n) is 2.53. The van der Waals surface area contributed by atoms with E-state index in [9.17, 15) is 17.6 Å². The molecule has 1 aliphatic rings. The fourth-order valence-corrected chi connectivity index (χ4v) is 3.10. The molecule has 1 unspecified atom stereocenters. The van der Waals surface area contributed by atoms with Gasteiger partial charge in [0.05, 0.1) is 17.5 Å². The smallest absolute Gasteiger partial charge is 0.256 e. The van der Waals surface area contributed by atoms with Crippen molar-refractivity contribution in [2.75, 3.05) is 24.1 Å². The van der Waals surface area contributed by atoms with Crippen molar-refractivity contribution in [2.45, 2.75) is 19.8 Å². The van der Waals surface area contributed by atoms with Crippen LogP contribution in [-0.2, 0) is 10.0 Å². The molecule has 1 aliphatic heterocycles. The number of piperidine rings is 1. The molecule has 2 rings (SSSR count). The van der Waals surface area contributed by atoms with Gasteiger partial charge in [0.1, 0.15) is 5.82 Å². The van der Waals surface area contributed by atoms with E-state index < -0.39 is 15.8 Å². The van der Waals surface area contributed by atoms with E-state index in [0.29, 0.717) is 19.0 Å². The molecule has 1 aromatic rings. The van der Waals surface area contributed by atoms with Crippen molar-refractivity contribution < 1.29 is 17.6 Å². The number of sulfonamides is 1. The lowest BCUT2D eigenvalue weighted by molar-refractivity contribution is 0.0683. The molecule has 1 aromatic carbocycles. The van der Waals surface area contributed by atoms with Gasteiger partial charge in [-0.3, -0.25) is 9.52 Å². The lowest BCUT2D eigenvalue weighted by Crippen LogP contribution is -2.39. The summed E-state index contributed by atoms with van der Waals surface area (Å²) in [4.78, 5) is 14.2. The van der Waals surface area contributed by atoms with Crippen LogP contribution in [0.2, 0.25) is 0 Å². The number of nitrogens with one attached hydrogen (secondary N) is 1. The molecule has 1 atom stereocenters. The lowest BCUT2D eigenvalue weighted by atomic mass is 9.99. The van der Waals surface area contributed by atoms with Gasteiger partial charge < -0.3 is 4.90 Å². The van der Waals surface area contributed by atoms with Crippen LogP contribution in [0.5, 0.6) is 0 Å². The van der Waals surface area contributed by atoms with Gasteiger partial charge in [-0.2, -0.15) is 0 Å². The monoisotopic (exact) mass is 314 g/mol. The number of halogens is 1. The molecule has 116 valence electrons. The number of hydrogen-bond acceptors (Lipinski definition) is 3. The third kappa shape index (κ3) is 4.17. The Morgan fingerprint density at radius 3 is 2.76 bits per heavy atom. The number of likely N-dealkylation sites (tertiary alicyclic amines) is 1. The maximum absolute atomic E-state index is 13.4. The second-order valence-electron chi connectivity index (χ2n) is 5.56. The van der Waals surface area contributed by atoms with Crippen LogP contribution in [0.1, 0.15) is 30.1 Å². The number of nitrogens with zero attached hydrogens (tertiary/aromatic N) is 1. The normalized spacial score (nSPS) is 19.4. The Hall–Kier alpha value is -1.63. The number of carbonyl (C=O) groups is 1. The lowest BCUT2D eigenvalue weighted by Gasteiger charge is -2.31. The van der Waals surface area contributed by atoms with Gasteiger partial charge in [-0.05, 0) is 37.0 Å². The first kappa shape index (κ1) is 15.8. The van der Waals surface area contributed by atoms with Crippen LogP contribution in [0.25, 0.3) is 0 Å². The summed E-state index contributed by atoms with van der Waals surface area (Å²) in [5.74, 6) is -0.516. The van der Waals surface area contributed by atoms with Crippen LogP contribution in [0, 0.1) is 11.7 Å². The Labute approximate surface area is 124 Å². The van der Waals surface area contributed by atoms with E-state index >= 15 is 0 Å². The second kappa shape index (κ2) is 6.01. The van der Waals surface area contributed by atoms with E-state index in [1.165, 1.54) is 6.07 Å². The van der Waals surface area contributed by atoms with Crippen LogP contribution < -0.4 is 4.72 Å². The topological polar surface area (TPSA) is 66.5 Å². The van der Waals surface area contributed by atoms with Crippen molar-refractivity contribution in [3.05, 3.63) is 29.6 Å². The molecule has 0 aromatic heterocycles. The molecular weight excluding hydrogens is 295 g/mol. The predicted molar refractivity (Wildman–Crippen MR) is 79.2 cm³/mol. The summed E-state index contributed by atoms with van der Waals surface area (Å²) >= 11 is 0. The van der Waals surface area contributed by atoms with Crippen molar-refractivity contribution in [1.29, 1.82) is 0 Å². The highest BCUT2D eigenvalue weighted by atomic mass is 32.2. The fraction of sp³-hybridized carbons (Fsp3) is 0.500. The second-order valence-corrected chi connectivity index (χ2v) is 7.31. The number of amides is 1. The Morgan fingerprint density at radius 2 is 2.14 bits per heavy atom. The minimum atomic E-state index is -3.53. The third-order valence-electron chi connectivity index (χ3n) is 3.45. The molecule has 21 heavy (non-hydrogen) atoms. The van der Waals surface area contributed by atoms with E-state index in [1.54, 1.807) is 4.90 Å². The highest BCUT2D eigenvalue weighted by Gasteiger charge is 2.25. The zero-order valence-electron chi connectivity index (χ0n) is 12.1. The summed E-state index contributed by atoms with van der Waals surface area (Å²) < 4.78 is 38.4. The van der Waals surface area contributed by atoms with E-state index in [-0.39, 0.29) is 17.2 Å². The zero-order chi connectivity index (χ0) is 15.6. The molecule has 0 spiro atoms. The van der Waals surface area contributed by atoms with E-state index in [4.69, 9.17) is 0 Å². The van der Waals surface area contributed by atoms with Crippen molar-refractivity contribution in [3.8, 4) is 0 Å². The minimum absolute atomic E-state index is 0.0505. The van der Waals surface area contributed by atoms with Gasteiger partial charge in [-0.25, -0.2) is 12.8 Å². The predicted octanol–water partition coefficient (Wildman–Crippen LogP) is 2.07. The summed E-state index contributed by atoms with van der Waals surface area (Å²) in [6, 6.07) is 3.48. The summed E-state index contributed by atoms with van der Waals surface area (Å²) in [5.41, 5.74) is 0.164. The molecule has 0 radical (unpaired) electrons. The van der Waals surface area contributed by atoms with Crippen LogP contribution in [0.3, 0.4) is 0 Å². The molecular formula is C14H19FN2O3S. The van der Waals surface area contributed by atoms with Gasteiger partial charge in [0.15, 0.2) is 0 Å². The quantitative estimate of drug-likeness (QED) is 0.929. The Balaban J connectivity index is 2.32. The molecule has 7 heteroatoms. The highest BCUT2D eigenvalue weighted by Crippen LogP contribution is 2.23. The van der Waals surface area contributed by atoms with E-state index in [0.717, 1.165) is 31.2 Å². The summed E-state index contributed by atoms with van der Waals surface area (Å²) in [5, 5.41) is 0. The number of rotatable bonds is 3. The van der Waals surface area contributed by atoms with Crippen molar-refractivity contribution in [2.24, 2.45) is 5.92 Å². The van der Waals surface area contributed by atoms with Gasteiger partial charge in [0.2, 0.25) is 10.0 Å². The van der Waals surface area contributed by atoms with Crippen LogP contribution in [0.15, 0.2) is 18.2 Å². The molecule has 1 heterocycles. The number of hydrogen-bond donors (Lipinski definition) is 1. The molecule has 5 nitrogen and oxygen atoms in total. The maximum atomic E-state index is 13.4. The standard InChI is InChI=1S/C14H19FN2O3S/c1-10-4-3-7-17(9-10)14(18)12-8-11(15)5-6-13(12)16-21(2,19)20/h5-6,8,10,16H,3-4,7,9H2,1-2H3. The van der Waals surface area contributed by atoms with Gasteiger partial charge in [0, 0.05) is 13.1 Å². The Bertz CT molecular complexity index is 646. The average molecular weight is 314 g/mol. The Morgan fingerprint density at radius 1 is 1.43 bits per heavy atom. The highest BCUT2D eigenvalue weighted by molar-refractivity contribution is 7.92. The third-order valence-corrected chi connectivity index (χ3v) is 4.04. The molecule has 1 amide bonds. The number of carbonyl (C=O) groups excluding carboxylic acids is 1. The summed E-state index contributed by atoms with van der Waals surface area (Å²) in [7, 11) is -3.53. The molecule has 0 saturated carbocycles. The van der Waals surface area contributed by atoms with Crippen LogP contribution in [-0.4, -0.2) is 38.6 Å². The van der Waals surface area contributed by atoms with Crippen molar-refractivity contribution >= 4 is 21.6 Å². The molecule has 1 fully saturated rings. The first-order valence-electron chi connectivity index (χ1n) is 6.83. The first-order chi connectivity index (χ1) is 9.76. The number of benzene rings is 1. The van der Waals surface area contributed by atoms with Gasteiger partial charge >= 0.3 is 0 Å². The summed E-state index contributed by atoms with van der Waals surface area (Å²) in [6.07, 6.45) is 2.95. The van der Waals surface area contributed by atoms with Crippen molar-refractivity contribution in [3.63, 3.8) is 0 Å². The van der Waals surface area contributed by atoms with Gasteiger partial charge in [-0.15, -0.1) is 0 Å². The Kier molecular flexibility index (Phi) is 4.51. The van der Waals surface area contributed by atoms with Gasteiger partial charge in [0.25, 0.3) is 5.91 Å². The molecule has 0 aliphatic carbocycles. The summed E-state index contributed by atoms with van der Waals surface area (Å²) in [6.45, 7) is 3.27. The van der Waals surface area contributed by atoms with Crippen molar-refractivity contribution in [1.82, 2.24) is 4.90 Å². The van der Waals surface area contributed by atoms with Crippen LogP contribution >= 0.6 is 0 Å². The zero-order valence-corrected chi connectivity index (χ0v) is 12.9. The maximum Gasteiger partial charge on any atom is 0.256 e. The first-order valence-corrected chi connectivity index (χ1v) is 8.72. The SMILES string of the molecule is CC1CCCN(C(=O)c2cc(F)ccc2NS(C)(=O)=O)C1. The number of anilines is 1. The average Bonchev–Trinajstić information content (AvgIpc) is 2.38. The molecule has 0 bridgehead atoms. The minimum Gasteiger partial charge on any atom is -0.338 e. The van der Waals surface area contributed by atoms with E-state index in [1.807, 2.05) is 0 Å². The van der Waals surface area contributed by atoms with Gasteiger partial charge in [-0.1, -0.05) is 6.92 Å². The largest absolute Gasteiger partial charge is 0.338 e. The molecule has 1 saturated heterocycles. The molecule has 1 N–H and O–H groups in total.